The van der Waals surface area contributed by atoms with Gasteiger partial charge in [-0.3, -0.25) is 0 Å². The minimum absolute atomic E-state index is 0.117. The van der Waals surface area contributed by atoms with Crippen molar-refractivity contribution in [1.82, 2.24) is 15.0 Å². The molecule has 122 valence electrons. The largest absolute Gasteiger partial charge is 0.507 e. The summed E-state index contributed by atoms with van der Waals surface area (Å²) in [5.41, 5.74) is 2.28. The Balaban J connectivity index is 1.84. The smallest absolute Gasteiger partial charge is 0.231 e. The molecular formula is C16H13N3O4S. The first-order valence-corrected chi connectivity index (χ1v) is 7.53. The van der Waals surface area contributed by atoms with E-state index in [1.165, 1.54) is 0 Å². The molecule has 0 saturated heterocycles. The Hall–Kier alpha value is -2.87. The van der Waals surface area contributed by atoms with E-state index in [0.29, 0.717) is 22.1 Å². The van der Waals surface area contributed by atoms with Crippen molar-refractivity contribution in [3.8, 4) is 39.9 Å². The van der Waals surface area contributed by atoms with Crippen molar-refractivity contribution in [3.63, 3.8) is 0 Å². The Morgan fingerprint density at radius 1 is 1.25 bits per heavy atom. The molecule has 0 spiro atoms. The Morgan fingerprint density at radius 2 is 2.12 bits per heavy atom. The summed E-state index contributed by atoms with van der Waals surface area (Å²) in [6.45, 7) is 0.153. The molecule has 7 nitrogen and oxygen atoms in total. The average Bonchev–Trinajstić information content (AvgIpc) is 3.24. The van der Waals surface area contributed by atoms with Crippen molar-refractivity contribution in [3.05, 3.63) is 36.5 Å². The van der Waals surface area contributed by atoms with Gasteiger partial charge in [-0.15, -0.1) is 17.7 Å². The van der Waals surface area contributed by atoms with Crippen LogP contribution in [0.1, 0.15) is 0 Å². The maximum atomic E-state index is 9.64. The first-order valence-electron chi connectivity index (χ1n) is 7.08. The molecule has 0 fully saturated rings. The molecule has 0 aliphatic carbocycles. The van der Waals surface area contributed by atoms with Crippen LogP contribution in [-0.2, 0) is 0 Å². The second-order valence-corrected chi connectivity index (χ2v) is 5.60. The summed E-state index contributed by atoms with van der Waals surface area (Å²) in [6.07, 6.45) is 1.64. The summed E-state index contributed by atoms with van der Waals surface area (Å²) < 4.78 is 17.9. The Bertz CT molecular complexity index is 926. The predicted octanol–water partition coefficient (Wildman–Crippen LogP) is 2.67. The fourth-order valence-corrected chi connectivity index (χ4v) is 2.76. The number of nitrogens with zero attached hydrogens (tertiary/aromatic N) is 3. The van der Waals surface area contributed by atoms with E-state index in [-0.39, 0.29) is 12.5 Å². The molecule has 1 N–H and O–H groups in total. The molecule has 1 aliphatic rings. The first kappa shape index (κ1) is 14.7. The lowest BCUT2D eigenvalue weighted by Gasteiger charge is -2.11. The summed E-state index contributed by atoms with van der Waals surface area (Å²) >= 11 is 4.25. The molecule has 0 bridgehead atoms. The minimum Gasteiger partial charge on any atom is -0.507 e. The third-order valence-corrected chi connectivity index (χ3v) is 4.07. The standard InChI is InChI=1S/C16H13N3O4S/c1-21-13-5-10(6-14-16(13)23-8-22-14)19-11(7-17-18-19)9-2-3-12(20)15(24)4-9/h2-7,20,24H,8H2,1H3. The number of rotatable bonds is 3. The van der Waals surface area contributed by atoms with Gasteiger partial charge in [0.15, 0.2) is 11.5 Å². The highest BCUT2D eigenvalue weighted by Gasteiger charge is 2.22. The number of hydrogen-bond donors (Lipinski definition) is 2. The molecule has 0 radical (unpaired) electrons. The second-order valence-electron chi connectivity index (χ2n) is 5.12. The topological polar surface area (TPSA) is 78.6 Å². The van der Waals surface area contributed by atoms with Gasteiger partial charge in [0.1, 0.15) is 5.75 Å². The highest BCUT2D eigenvalue weighted by molar-refractivity contribution is 7.80. The summed E-state index contributed by atoms with van der Waals surface area (Å²) in [5.74, 6) is 1.84. The highest BCUT2D eigenvalue weighted by atomic mass is 32.1. The molecule has 0 unspecified atom stereocenters. The van der Waals surface area contributed by atoms with Gasteiger partial charge >= 0.3 is 0 Å². The molecule has 0 amide bonds. The number of phenols is 1. The van der Waals surface area contributed by atoms with Crippen molar-refractivity contribution >= 4 is 12.6 Å². The minimum atomic E-state index is 0.117. The monoisotopic (exact) mass is 343 g/mol. The average molecular weight is 343 g/mol. The van der Waals surface area contributed by atoms with Crippen molar-refractivity contribution in [2.45, 2.75) is 4.90 Å². The number of hydrogen-bond acceptors (Lipinski definition) is 7. The molecule has 3 aromatic rings. The van der Waals surface area contributed by atoms with Crippen LogP contribution in [0.3, 0.4) is 0 Å². The molecule has 8 heteroatoms. The van der Waals surface area contributed by atoms with Gasteiger partial charge in [-0.25, -0.2) is 4.68 Å². The van der Waals surface area contributed by atoms with Gasteiger partial charge in [0.25, 0.3) is 0 Å². The third kappa shape index (κ3) is 2.31. The molecule has 1 aliphatic heterocycles. The Kier molecular flexibility index (Phi) is 3.46. The van der Waals surface area contributed by atoms with E-state index in [1.54, 1.807) is 42.3 Å². The second kappa shape index (κ2) is 5.64. The zero-order valence-corrected chi connectivity index (χ0v) is 13.5. The van der Waals surface area contributed by atoms with Crippen LogP contribution in [0, 0.1) is 0 Å². The molecule has 0 saturated carbocycles. The zero-order valence-electron chi connectivity index (χ0n) is 12.6. The third-order valence-electron chi connectivity index (χ3n) is 3.71. The van der Waals surface area contributed by atoms with Gasteiger partial charge in [-0.05, 0) is 18.2 Å². The number of fused-ring (bicyclic) bond motifs is 1. The van der Waals surface area contributed by atoms with E-state index in [9.17, 15) is 5.11 Å². The summed E-state index contributed by atoms with van der Waals surface area (Å²) in [5, 5.41) is 17.8. The fraction of sp³-hybridized carbons (Fsp3) is 0.125. The van der Waals surface area contributed by atoms with E-state index in [1.807, 2.05) is 6.07 Å². The molecule has 4 rings (SSSR count). The van der Waals surface area contributed by atoms with Crippen molar-refractivity contribution in [1.29, 1.82) is 0 Å². The van der Waals surface area contributed by atoms with Gasteiger partial charge in [-0.1, -0.05) is 5.21 Å². The normalized spacial score (nSPS) is 12.4. The van der Waals surface area contributed by atoms with Gasteiger partial charge in [0.2, 0.25) is 12.5 Å². The van der Waals surface area contributed by atoms with Gasteiger partial charge in [-0.2, -0.15) is 0 Å². The summed E-state index contributed by atoms with van der Waals surface area (Å²) in [4.78, 5) is 0.475. The lowest BCUT2D eigenvalue weighted by Crippen LogP contribution is -2.00. The van der Waals surface area contributed by atoms with Crippen LogP contribution >= 0.6 is 12.6 Å². The maximum absolute atomic E-state index is 9.64. The number of phenolic OH excluding ortho intramolecular Hbond substituents is 1. The number of aromatic nitrogens is 3. The van der Waals surface area contributed by atoms with Gasteiger partial charge in [0, 0.05) is 22.6 Å². The summed E-state index contributed by atoms with van der Waals surface area (Å²) in [6, 6.07) is 8.71. The van der Waals surface area contributed by atoms with E-state index >= 15 is 0 Å². The number of aromatic hydroxyl groups is 1. The number of methoxy groups -OCH3 is 1. The lowest BCUT2D eigenvalue weighted by molar-refractivity contribution is 0.171. The van der Waals surface area contributed by atoms with Crippen LogP contribution in [0.2, 0.25) is 0 Å². The predicted molar refractivity (Wildman–Crippen MR) is 88.4 cm³/mol. The molecule has 0 atom stereocenters. The SMILES string of the molecule is COc1cc(-n2nncc2-c2ccc(O)c(S)c2)cc2c1OCO2. The van der Waals surface area contributed by atoms with E-state index in [0.717, 1.165) is 16.9 Å². The number of benzene rings is 2. The molecule has 24 heavy (non-hydrogen) atoms. The van der Waals surface area contributed by atoms with Crippen molar-refractivity contribution in [2.24, 2.45) is 0 Å². The van der Waals surface area contributed by atoms with Gasteiger partial charge in [0.05, 0.1) is 24.7 Å². The van der Waals surface area contributed by atoms with Crippen LogP contribution in [0.5, 0.6) is 23.0 Å². The lowest BCUT2D eigenvalue weighted by atomic mass is 10.1. The van der Waals surface area contributed by atoms with Crippen LogP contribution < -0.4 is 14.2 Å². The van der Waals surface area contributed by atoms with Crippen molar-refractivity contribution in [2.75, 3.05) is 13.9 Å². The van der Waals surface area contributed by atoms with Crippen molar-refractivity contribution < 1.29 is 19.3 Å². The van der Waals surface area contributed by atoms with Crippen LogP contribution in [-0.4, -0.2) is 34.0 Å². The van der Waals surface area contributed by atoms with Crippen LogP contribution in [0.15, 0.2) is 41.4 Å². The Morgan fingerprint density at radius 3 is 2.92 bits per heavy atom. The van der Waals surface area contributed by atoms with E-state index in [2.05, 4.69) is 22.9 Å². The Labute approximate surface area is 142 Å². The molecule has 2 aromatic carbocycles. The van der Waals surface area contributed by atoms with Crippen LogP contribution in [0.4, 0.5) is 0 Å². The van der Waals surface area contributed by atoms with E-state index < -0.39 is 0 Å². The van der Waals surface area contributed by atoms with E-state index in [4.69, 9.17) is 14.2 Å². The molecular weight excluding hydrogens is 330 g/mol. The highest BCUT2D eigenvalue weighted by Crippen LogP contribution is 2.43. The maximum Gasteiger partial charge on any atom is 0.231 e. The fourth-order valence-electron chi connectivity index (χ4n) is 2.54. The number of ether oxygens (including phenoxy) is 3. The number of thiol groups is 1. The zero-order chi connectivity index (χ0) is 16.7. The summed E-state index contributed by atoms with van der Waals surface area (Å²) in [7, 11) is 1.57. The van der Waals surface area contributed by atoms with Gasteiger partial charge < -0.3 is 19.3 Å². The van der Waals surface area contributed by atoms with Crippen LogP contribution in [0.25, 0.3) is 16.9 Å². The first-order chi connectivity index (χ1) is 11.7. The quantitative estimate of drug-likeness (QED) is 0.712. The molecule has 1 aromatic heterocycles. The molecule has 2 heterocycles.